The van der Waals surface area contributed by atoms with Crippen LogP contribution in [0, 0.1) is 0 Å². The first kappa shape index (κ1) is 12.2. The zero-order valence-electron chi connectivity index (χ0n) is 9.79. The van der Waals surface area contributed by atoms with Crippen LogP contribution in [0.1, 0.15) is 23.3 Å². The van der Waals surface area contributed by atoms with E-state index in [1.54, 1.807) is 11.3 Å². The van der Waals surface area contributed by atoms with Gasteiger partial charge >= 0.3 is 0 Å². The lowest BCUT2D eigenvalue weighted by Crippen LogP contribution is -2.11. The average molecular weight is 284 g/mol. The van der Waals surface area contributed by atoms with Gasteiger partial charge in [0.05, 0.1) is 12.1 Å². The third kappa shape index (κ3) is 2.07. The van der Waals surface area contributed by atoms with Gasteiger partial charge in [0, 0.05) is 10.6 Å². The highest BCUT2D eigenvalue weighted by Gasteiger charge is 2.19. The van der Waals surface area contributed by atoms with Crippen LogP contribution in [0.5, 0.6) is 0 Å². The van der Waals surface area contributed by atoms with Crippen LogP contribution in [0.15, 0.2) is 9.95 Å². The summed E-state index contributed by atoms with van der Waals surface area (Å²) < 4.78 is 12.1. The Hall–Kier alpha value is -0.880. The maximum absolute atomic E-state index is 12.1. The van der Waals surface area contributed by atoms with E-state index < -0.39 is 6.67 Å². The standard InChI is InChI=1S/C12H13FN2OS2/c13-5-6-17-12-14-10(16)9-7-3-1-2-4-8(7)18-11(9)15-12/h1-6H2,(H,14,15,16). The fourth-order valence-corrected chi connectivity index (χ4v) is 4.26. The third-order valence-electron chi connectivity index (χ3n) is 3.12. The summed E-state index contributed by atoms with van der Waals surface area (Å²) in [5.41, 5.74) is 1.12. The van der Waals surface area contributed by atoms with Crippen molar-refractivity contribution in [3.8, 4) is 0 Å². The lowest BCUT2D eigenvalue weighted by Gasteiger charge is -2.09. The van der Waals surface area contributed by atoms with E-state index in [0.29, 0.717) is 10.9 Å². The molecule has 0 unspecified atom stereocenters. The molecule has 2 heterocycles. The quantitative estimate of drug-likeness (QED) is 0.696. The summed E-state index contributed by atoms with van der Waals surface area (Å²) in [6.07, 6.45) is 4.39. The molecule has 96 valence electrons. The normalized spacial score (nSPS) is 14.9. The molecule has 0 aliphatic heterocycles. The van der Waals surface area contributed by atoms with Gasteiger partial charge in [-0.2, -0.15) is 0 Å². The minimum atomic E-state index is -0.409. The Morgan fingerprint density at radius 1 is 1.39 bits per heavy atom. The van der Waals surface area contributed by atoms with Crippen molar-refractivity contribution in [2.24, 2.45) is 0 Å². The molecule has 6 heteroatoms. The number of H-pyrrole nitrogens is 1. The number of alkyl halides is 1. The van der Waals surface area contributed by atoms with Crippen molar-refractivity contribution in [1.29, 1.82) is 0 Å². The van der Waals surface area contributed by atoms with E-state index in [0.717, 1.165) is 29.5 Å². The zero-order valence-corrected chi connectivity index (χ0v) is 11.4. The number of thioether (sulfide) groups is 1. The van der Waals surface area contributed by atoms with Crippen LogP contribution in [0.3, 0.4) is 0 Å². The minimum absolute atomic E-state index is 0.0687. The molecule has 3 rings (SSSR count). The fraction of sp³-hybridized carbons (Fsp3) is 0.500. The number of fused-ring (bicyclic) bond motifs is 3. The molecular formula is C12H13FN2OS2. The van der Waals surface area contributed by atoms with Crippen molar-refractivity contribution in [1.82, 2.24) is 9.97 Å². The highest BCUT2D eigenvalue weighted by molar-refractivity contribution is 7.99. The second kappa shape index (κ2) is 5.01. The van der Waals surface area contributed by atoms with Gasteiger partial charge in [0.1, 0.15) is 4.83 Å². The van der Waals surface area contributed by atoms with Gasteiger partial charge in [0.25, 0.3) is 5.56 Å². The number of hydrogen-bond donors (Lipinski definition) is 1. The summed E-state index contributed by atoms with van der Waals surface area (Å²) in [5, 5.41) is 1.29. The molecule has 2 aromatic rings. The predicted octanol–water partition coefficient (Wildman–Crippen LogP) is 2.93. The average Bonchev–Trinajstić information content (AvgIpc) is 2.74. The Morgan fingerprint density at radius 2 is 2.22 bits per heavy atom. The van der Waals surface area contributed by atoms with Crippen LogP contribution in [-0.2, 0) is 12.8 Å². The van der Waals surface area contributed by atoms with Crippen LogP contribution in [-0.4, -0.2) is 22.4 Å². The molecule has 0 fully saturated rings. The fourth-order valence-electron chi connectivity index (χ4n) is 2.35. The van der Waals surface area contributed by atoms with Crippen LogP contribution >= 0.6 is 23.1 Å². The van der Waals surface area contributed by atoms with Crippen LogP contribution in [0.4, 0.5) is 4.39 Å². The number of nitrogens with one attached hydrogen (secondary N) is 1. The molecule has 0 bridgehead atoms. The summed E-state index contributed by atoms with van der Waals surface area (Å²) in [5.74, 6) is 0.333. The van der Waals surface area contributed by atoms with E-state index in [4.69, 9.17) is 0 Å². The van der Waals surface area contributed by atoms with E-state index in [1.165, 1.54) is 28.6 Å². The van der Waals surface area contributed by atoms with Crippen molar-refractivity contribution in [2.75, 3.05) is 12.4 Å². The van der Waals surface area contributed by atoms with Crippen molar-refractivity contribution in [3.05, 3.63) is 20.8 Å². The molecule has 0 saturated heterocycles. The molecular weight excluding hydrogens is 271 g/mol. The highest BCUT2D eigenvalue weighted by Crippen LogP contribution is 2.34. The number of rotatable bonds is 3. The van der Waals surface area contributed by atoms with Gasteiger partial charge in [0.2, 0.25) is 0 Å². The lowest BCUT2D eigenvalue weighted by atomic mass is 9.97. The molecule has 0 atom stereocenters. The predicted molar refractivity (Wildman–Crippen MR) is 73.6 cm³/mol. The molecule has 1 N–H and O–H groups in total. The molecule has 0 amide bonds. The maximum atomic E-state index is 12.1. The number of nitrogens with zero attached hydrogens (tertiary/aromatic N) is 1. The van der Waals surface area contributed by atoms with Crippen molar-refractivity contribution in [3.63, 3.8) is 0 Å². The Morgan fingerprint density at radius 3 is 3.06 bits per heavy atom. The van der Waals surface area contributed by atoms with Crippen molar-refractivity contribution >= 4 is 33.3 Å². The van der Waals surface area contributed by atoms with Gasteiger partial charge in [-0.05, 0) is 31.2 Å². The smallest absolute Gasteiger partial charge is 0.260 e. The molecule has 18 heavy (non-hydrogen) atoms. The summed E-state index contributed by atoms with van der Waals surface area (Å²) in [4.78, 5) is 21.4. The summed E-state index contributed by atoms with van der Waals surface area (Å²) in [6.45, 7) is -0.409. The van der Waals surface area contributed by atoms with Crippen molar-refractivity contribution < 1.29 is 4.39 Å². The van der Waals surface area contributed by atoms with Gasteiger partial charge in [-0.3, -0.25) is 9.18 Å². The molecule has 1 aliphatic carbocycles. The van der Waals surface area contributed by atoms with Gasteiger partial charge in [-0.15, -0.1) is 11.3 Å². The molecule has 0 saturated carbocycles. The first-order valence-corrected chi connectivity index (χ1v) is 7.83. The Kier molecular flexibility index (Phi) is 3.39. The maximum Gasteiger partial charge on any atom is 0.260 e. The Labute approximate surface area is 112 Å². The van der Waals surface area contributed by atoms with E-state index in [1.807, 2.05) is 0 Å². The number of halogens is 1. The molecule has 0 spiro atoms. The first-order valence-electron chi connectivity index (χ1n) is 6.03. The van der Waals surface area contributed by atoms with Crippen LogP contribution in [0.2, 0.25) is 0 Å². The Bertz CT molecular complexity index is 635. The van der Waals surface area contributed by atoms with Crippen LogP contribution < -0.4 is 5.56 Å². The third-order valence-corrected chi connectivity index (χ3v) is 5.13. The molecule has 2 aromatic heterocycles. The van der Waals surface area contributed by atoms with E-state index in [9.17, 15) is 9.18 Å². The highest BCUT2D eigenvalue weighted by atomic mass is 32.2. The summed E-state index contributed by atoms with van der Waals surface area (Å²) in [7, 11) is 0. The SMILES string of the molecule is O=c1[nH]c(SCCF)nc2sc3c(c12)CCCC3. The molecule has 1 aliphatic rings. The summed E-state index contributed by atoms with van der Waals surface area (Å²) in [6, 6.07) is 0. The molecule has 0 aromatic carbocycles. The second-order valence-electron chi connectivity index (χ2n) is 4.30. The number of aromatic nitrogens is 2. The Balaban J connectivity index is 2.11. The number of thiophene rings is 1. The molecule has 0 radical (unpaired) electrons. The van der Waals surface area contributed by atoms with Gasteiger partial charge in [-0.1, -0.05) is 11.8 Å². The van der Waals surface area contributed by atoms with Gasteiger partial charge < -0.3 is 4.98 Å². The topological polar surface area (TPSA) is 45.8 Å². The molecule has 3 nitrogen and oxygen atoms in total. The van der Waals surface area contributed by atoms with Crippen LogP contribution in [0.25, 0.3) is 10.2 Å². The number of aryl methyl sites for hydroxylation is 2. The first-order chi connectivity index (χ1) is 8.79. The van der Waals surface area contributed by atoms with Gasteiger partial charge in [0.15, 0.2) is 5.16 Å². The second-order valence-corrected chi connectivity index (χ2v) is 6.47. The minimum Gasteiger partial charge on any atom is -0.301 e. The van der Waals surface area contributed by atoms with E-state index in [2.05, 4.69) is 9.97 Å². The van der Waals surface area contributed by atoms with E-state index in [-0.39, 0.29) is 5.56 Å². The number of hydrogen-bond acceptors (Lipinski definition) is 4. The van der Waals surface area contributed by atoms with Gasteiger partial charge in [-0.25, -0.2) is 4.98 Å². The largest absolute Gasteiger partial charge is 0.301 e. The zero-order chi connectivity index (χ0) is 12.5. The lowest BCUT2D eigenvalue weighted by molar-refractivity contribution is 0.532. The number of aromatic amines is 1. The summed E-state index contributed by atoms with van der Waals surface area (Å²) >= 11 is 2.88. The monoisotopic (exact) mass is 284 g/mol. The van der Waals surface area contributed by atoms with Crippen molar-refractivity contribution in [2.45, 2.75) is 30.8 Å². The van der Waals surface area contributed by atoms with E-state index >= 15 is 0 Å².